The first kappa shape index (κ1) is 15.6. The van der Waals surface area contributed by atoms with Gasteiger partial charge < -0.3 is 9.64 Å². The molecule has 1 aromatic heterocycles. The van der Waals surface area contributed by atoms with Crippen LogP contribution >= 0.6 is 0 Å². The minimum absolute atomic E-state index is 0.168. The lowest BCUT2D eigenvalue weighted by atomic mass is 10.0. The fourth-order valence-corrected chi connectivity index (χ4v) is 3.33. The summed E-state index contributed by atoms with van der Waals surface area (Å²) in [4.78, 5) is 14.8. The molecule has 2 aromatic rings. The molecular formula is C18H23N3O2. The zero-order valence-electron chi connectivity index (χ0n) is 13.9. The fraction of sp³-hybridized carbons (Fsp3) is 0.444. The predicted molar refractivity (Wildman–Crippen MR) is 88.4 cm³/mol. The van der Waals surface area contributed by atoms with Gasteiger partial charge in [-0.15, -0.1) is 0 Å². The Morgan fingerprint density at radius 3 is 2.70 bits per heavy atom. The number of nitrogens with one attached hydrogen (secondary N) is 1. The zero-order valence-corrected chi connectivity index (χ0v) is 13.9. The fourth-order valence-electron chi connectivity index (χ4n) is 3.33. The highest BCUT2D eigenvalue weighted by Gasteiger charge is 2.30. The molecule has 2 heterocycles. The van der Waals surface area contributed by atoms with E-state index >= 15 is 0 Å². The maximum Gasteiger partial charge on any atom is 0.227 e. The summed E-state index contributed by atoms with van der Waals surface area (Å²) < 4.78 is 5.21. The van der Waals surface area contributed by atoms with Gasteiger partial charge in [-0.2, -0.15) is 5.10 Å². The van der Waals surface area contributed by atoms with Crippen LogP contribution in [0.15, 0.2) is 24.3 Å². The second kappa shape index (κ2) is 6.44. The first-order chi connectivity index (χ1) is 11.1. The Hall–Kier alpha value is -2.30. The highest BCUT2D eigenvalue weighted by molar-refractivity contribution is 5.80. The van der Waals surface area contributed by atoms with Gasteiger partial charge in [0.25, 0.3) is 0 Å². The Morgan fingerprint density at radius 1 is 1.35 bits per heavy atom. The molecule has 1 aromatic carbocycles. The molecule has 1 N–H and O–H groups in total. The summed E-state index contributed by atoms with van der Waals surface area (Å²) in [7, 11) is 1.66. The number of likely N-dealkylation sites (tertiary alicyclic amines) is 1. The number of carbonyl (C=O) groups is 1. The van der Waals surface area contributed by atoms with E-state index < -0.39 is 0 Å². The zero-order chi connectivity index (χ0) is 16.4. The number of hydrogen-bond acceptors (Lipinski definition) is 3. The molecule has 1 amide bonds. The van der Waals surface area contributed by atoms with E-state index in [1.54, 1.807) is 7.11 Å². The van der Waals surface area contributed by atoms with Gasteiger partial charge in [-0.05, 0) is 44.4 Å². The normalized spacial score (nSPS) is 17.5. The van der Waals surface area contributed by atoms with Crippen LogP contribution in [0.5, 0.6) is 5.75 Å². The summed E-state index contributed by atoms with van der Waals surface area (Å²) >= 11 is 0. The Balaban J connectivity index is 1.76. The number of H-pyrrole nitrogens is 1. The van der Waals surface area contributed by atoms with Crippen LogP contribution in [-0.2, 0) is 11.2 Å². The van der Waals surface area contributed by atoms with E-state index in [9.17, 15) is 4.79 Å². The SMILES string of the molecule is COc1ccc(C2CCCN2C(=O)Cc2c(C)n[nH]c2C)cc1. The van der Waals surface area contributed by atoms with Crippen LogP contribution in [0.2, 0.25) is 0 Å². The molecule has 1 aliphatic heterocycles. The van der Waals surface area contributed by atoms with Gasteiger partial charge in [-0.3, -0.25) is 9.89 Å². The first-order valence-corrected chi connectivity index (χ1v) is 8.04. The summed E-state index contributed by atoms with van der Waals surface area (Å²) in [5.74, 6) is 1.02. The van der Waals surface area contributed by atoms with Crippen molar-refractivity contribution < 1.29 is 9.53 Å². The molecule has 5 nitrogen and oxygen atoms in total. The summed E-state index contributed by atoms with van der Waals surface area (Å²) in [6.07, 6.45) is 2.48. The topological polar surface area (TPSA) is 58.2 Å². The van der Waals surface area contributed by atoms with Crippen molar-refractivity contribution in [1.82, 2.24) is 15.1 Å². The van der Waals surface area contributed by atoms with E-state index in [1.165, 1.54) is 5.56 Å². The minimum atomic E-state index is 0.168. The van der Waals surface area contributed by atoms with E-state index in [0.29, 0.717) is 6.42 Å². The van der Waals surface area contributed by atoms with E-state index in [0.717, 1.165) is 42.1 Å². The number of nitrogens with zero attached hydrogens (tertiary/aromatic N) is 2. The van der Waals surface area contributed by atoms with Crippen molar-refractivity contribution in [2.24, 2.45) is 0 Å². The molecule has 0 radical (unpaired) electrons. The molecule has 0 saturated carbocycles. The van der Waals surface area contributed by atoms with Crippen LogP contribution in [0, 0.1) is 13.8 Å². The average Bonchev–Trinajstić information content (AvgIpc) is 3.17. The van der Waals surface area contributed by atoms with Crippen LogP contribution in [-0.4, -0.2) is 34.7 Å². The van der Waals surface area contributed by atoms with Crippen LogP contribution < -0.4 is 4.74 Å². The Kier molecular flexibility index (Phi) is 4.37. The Morgan fingerprint density at radius 2 is 2.09 bits per heavy atom. The third kappa shape index (κ3) is 3.09. The second-order valence-electron chi connectivity index (χ2n) is 6.11. The molecule has 3 rings (SSSR count). The van der Waals surface area contributed by atoms with Crippen molar-refractivity contribution >= 4 is 5.91 Å². The van der Waals surface area contributed by atoms with Gasteiger partial charge in [0.15, 0.2) is 0 Å². The number of hydrogen-bond donors (Lipinski definition) is 1. The van der Waals surface area contributed by atoms with Crippen LogP contribution in [0.25, 0.3) is 0 Å². The molecule has 0 spiro atoms. The third-order valence-electron chi connectivity index (χ3n) is 4.68. The van der Waals surface area contributed by atoms with E-state index in [4.69, 9.17) is 4.74 Å². The third-order valence-corrected chi connectivity index (χ3v) is 4.68. The van der Waals surface area contributed by atoms with Crippen molar-refractivity contribution in [2.75, 3.05) is 13.7 Å². The Bertz CT molecular complexity index is 671. The molecule has 0 bridgehead atoms. The lowest BCUT2D eigenvalue weighted by molar-refractivity contribution is -0.131. The summed E-state index contributed by atoms with van der Waals surface area (Å²) in [6, 6.07) is 8.20. The number of aromatic nitrogens is 2. The van der Waals surface area contributed by atoms with Gasteiger partial charge in [0.2, 0.25) is 5.91 Å². The number of carbonyl (C=O) groups excluding carboxylic acids is 1. The molecule has 1 saturated heterocycles. The van der Waals surface area contributed by atoms with Gasteiger partial charge in [0.05, 0.1) is 25.3 Å². The molecule has 1 aliphatic rings. The number of benzene rings is 1. The van der Waals surface area contributed by atoms with E-state index in [2.05, 4.69) is 22.3 Å². The lowest BCUT2D eigenvalue weighted by Crippen LogP contribution is -2.32. The average molecular weight is 313 g/mol. The van der Waals surface area contributed by atoms with Crippen molar-refractivity contribution in [3.8, 4) is 5.75 Å². The molecule has 1 unspecified atom stereocenters. The van der Waals surface area contributed by atoms with Crippen molar-refractivity contribution in [3.63, 3.8) is 0 Å². The molecule has 1 fully saturated rings. The number of rotatable bonds is 4. The van der Waals surface area contributed by atoms with Crippen LogP contribution in [0.3, 0.4) is 0 Å². The highest BCUT2D eigenvalue weighted by Crippen LogP contribution is 2.33. The maximum absolute atomic E-state index is 12.8. The first-order valence-electron chi connectivity index (χ1n) is 8.04. The van der Waals surface area contributed by atoms with Crippen molar-refractivity contribution in [2.45, 2.75) is 39.2 Å². The number of amides is 1. The molecule has 1 atom stereocenters. The number of aromatic amines is 1. The summed E-state index contributed by atoms with van der Waals surface area (Å²) in [5, 5.41) is 7.14. The Labute approximate surface area is 136 Å². The van der Waals surface area contributed by atoms with Gasteiger partial charge in [0.1, 0.15) is 5.75 Å². The van der Waals surface area contributed by atoms with Gasteiger partial charge >= 0.3 is 0 Å². The molecular weight excluding hydrogens is 290 g/mol. The molecule has 5 heteroatoms. The molecule has 122 valence electrons. The van der Waals surface area contributed by atoms with E-state index in [1.807, 2.05) is 30.9 Å². The van der Waals surface area contributed by atoms with Crippen molar-refractivity contribution in [1.29, 1.82) is 0 Å². The smallest absolute Gasteiger partial charge is 0.227 e. The lowest BCUT2D eigenvalue weighted by Gasteiger charge is -2.25. The predicted octanol–water partition coefficient (Wildman–Crippen LogP) is 2.94. The number of methoxy groups -OCH3 is 1. The quantitative estimate of drug-likeness (QED) is 0.944. The van der Waals surface area contributed by atoms with Crippen LogP contribution in [0.1, 0.15) is 41.4 Å². The molecule has 0 aliphatic carbocycles. The van der Waals surface area contributed by atoms with Gasteiger partial charge in [0, 0.05) is 17.8 Å². The summed E-state index contributed by atoms with van der Waals surface area (Å²) in [6.45, 7) is 4.73. The number of ether oxygens (including phenoxy) is 1. The van der Waals surface area contributed by atoms with Crippen molar-refractivity contribution in [3.05, 3.63) is 46.8 Å². The monoisotopic (exact) mass is 313 g/mol. The van der Waals surface area contributed by atoms with E-state index in [-0.39, 0.29) is 11.9 Å². The van der Waals surface area contributed by atoms with Gasteiger partial charge in [-0.1, -0.05) is 12.1 Å². The maximum atomic E-state index is 12.8. The van der Waals surface area contributed by atoms with Gasteiger partial charge in [-0.25, -0.2) is 0 Å². The highest BCUT2D eigenvalue weighted by atomic mass is 16.5. The largest absolute Gasteiger partial charge is 0.497 e. The second-order valence-corrected chi connectivity index (χ2v) is 6.11. The standard InChI is InChI=1S/C18H23N3O2/c1-12-16(13(2)20-19-12)11-18(22)21-10-4-5-17(21)14-6-8-15(23-3)9-7-14/h6-9,17H,4-5,10-11H2,1-3H3,(H,19,20). The molecule has 23 heavy (non-hydrogen) atoms. The summed E-state index contributed by atoms with van der Waals surface area (Å²) in [5.41, 5.74) is 4.10. The minimum Gasteiger partial charge on any atom is -0.497 e. The van der Waals surface area contributed by atoms with Crippen LogP contribution in [0.4, 0.5) is 0 Å². The number of aryl methyl sites for hydroxylation is 2.